The van der Waals surface area contributed by atoms with Gasteiger partial charge in [-0.25, -0.2) is 4.39 Å². The van der Waals surface area contributed by atoms with Gasteiger partial charge in [-0.05, 0) is 11.6 Å². The third-order valence-electron chi connectivity index (χ3n) is 2.01. The lowest BCUT2D eigenvalue weighted by atomic mass is 10.0. The second kappa shape index (κ2) is 4.23. The van der Waals surface area contributed by atoms with Crippen molar-refractivity contribution >= 4 is 0 Å². The highest BCUT2D eigenvalue weighted by atomic mass is 19.1. The zero-order valence-electron chi connectivity index (χ0n) is 7.75. The molecule has 0 saturated carbocycles. The van der Waals surface area contributed by atoms with Crippen molar-refractivity contribution in [2.45, 2.75) is 12.8 Å². The van der Waals surface area contributed by atoms with E-state index in [4.69, 9.17) is 9.84 Å². The summed E-state index contributed by atoms with van der Waals surface area (Å²) in [5.41, 5.74) is 0.517. The Hall–Kier alpha value is -1.09. The highest BCUT2D eigenvalue weighted by Gasteiger charge is 2.10. The first-order chi connectivity index (χ1) is 6.19. The molecule has 1 N–H and O–H groups in total. The molecule has 0 bridgehead atoms. The smallest absolute Gasteiger partial charge is 0.130 e. The quantitative estimate of drug-likeness (QED) is 0.777. The summed E-state index contributed by atoms with van der Waals surface area (Å²) in [7, 11) is 1.49. The van der Waals surface area contributed by atoms with Gasteiger partial charge in [0.2, 0.25) is 0 Å². The van der Waals surface area contributed by atoms with Crippen LogP contribution in [0.5, 0.6) is 5.75 Å². The summed E-state index contributed by atoms with van der Waals surface area (Å²) in [4.78, 5) is 0. The molecule has 1 aromatic carbocycles. The first-order valence-electron chi connectivity index (χ1n) is 4.13. The number of hydrogen-bond donors (Lipinski definition) is 1. The lowest BCUT2D eigenvalue weighted by Crippen LogP contribution is -2.02. The van der Waals surface area contributed by atoms with Gasteiger partial charge in [-0.2, -0.15) is 0 Å². The molecule has 13 heavy (non-hydrogen) atoms. The van der Waals surface area contributed by atoms with E-state index in [9.17, 15) is 4.39 Å². The van der Waals surface area contributed by atoms with E-state index in [1.54, 1.807) is 19.1 Å². The Morgan fingerprint density at radius 2 is 2.23 bits per heavy atom. The zero-order chi connectivity index (χ0) is 9.84. The number of hydrogen-bond acceptors (Lipinski definition) is 2. The molecular weight excluding hydrogens is 171 g/mol. The van der Waals surface area contributed by atoms with Gasteiger partial charge in [0.25, 0.3) is 0 Å². The van der Waals surface area contributed by atoms with Gasteiger partial charge in [0.15, 0.2) is 0 Å². The number of methoxy groups -OCH3 is 1. The van der Waals surface area contributed by atoms with Crippen LogP contribution in [0.15, 0.2) is 18.2 Å². The van der Waals surface area contributed by atoms with Gasteiger partial charge in [-0.15, -0.1) is 0 Å². The van der Waals surface area contributed by atoms with Crippen LogP contribution < -0.4 is 4.74 Å². The summed E-state index contributed by atoms with van der Waals surface area (Å²) in [6, 6.07) is 4.64. The zero-order valence-corrected chi connectivity index (χ0v) is 7.75. The number of halogens is 1. The van der Waals surface area contributed by atoms with Crippen molar-refractivity contribution in [2.24, 2.45) is 0 Å². The monoisotopic (exact) mass is 184 g/mol. The molecule has 72 valence electrons. The number of aliphatic hydroxyl groups excluding tert-OH is 1. The number of benzene rings is 1. The summed E-state index contributed by atoms with van der Waals surface area (Å²) in [5.74, 6) is -0.0156. The van der Waals surface area contributed by atoms with E-state index in [0.717, 1.165) is 0 Å². The molecule has 1 rings (SSSR count). The topological polar surface area (TPSA) is 29.5 Å². The van der Waals surface area contributed by atoms with Gasteiger partial charge in [-0.3, -0.25) is 0 Å². The predicted octanol–water partition coefficient (Wildman–Crippen LogP) is 1.93. The maximum absolute atomic E-state index is 13.3. The van der Waals surface area contributed by atoms with Crippen molar-refractivity contribution in [1.82, 2.24) is 0 Å². The highest BCUT2D eigenvalue weighted by molar-refractivity contribution is 5.30. The molecule has 0 aliphatic heterocycles. The Bertz CT molecular complexity index is 286. The van der Waals surface area contributed by atoms with E-state index in [-0.39, 0.29) is 18.3 Å². The highest BCUT2D eigenvalue weighted by Crippen LogP contribution is 2.22. The van der Waals surface area contributed by atoms with Crippen LogP contribution in [0.3, 0.4) is 0 Å². The predicted molar refractivity (Wildman–Crippen MR) is 48.5 cm³/mol. The largest absolute Gasteiger partial charge is 0.497 e. The van der Waals surface area contributed by atoms with Gasteiger partial charge in [-0.1, -0.05) is 13.0 Å². The van der Waals surface area contributed by atoms with Gasteiger partial charge < -0.3 is 9.84 Å². The third-order valence-corrected chi connectivity index (χ3v) is 2.01. The van der Waals surface area contributed by atoms with Crippen LogP contribution in [0.25, 0.3) is 0 Å². The lowest BCUT2D eigenvalue weighted by molar-refractivity contribution is 0.270. The molecule has 2 nitrogen and oxygen atoms in total. The minimum atomic E-state index is -0.332. The maximum atomic E-state index is 13.3. The third kappa shape index (κ3) is 2.18. The van der Waals surface area contributed by atoms with Crippen LogP contribution >= 0.6 is 0 Å². The fourth-order valence-corrected chi connectivity index (χ4v) is 1.13. The molecule has 0 unspecified atom stereocenters. The number of aliphatic hydroxyl groups is 1. The molecule has 0 spiro atoms. The summed E-state index contributed by atoms with van der Waals surface area (Å²) >= 11 is 0. The molecule has 0 radical (unpaired) electrons. The molecule has 3 heteroatoms. The Morgan fingerprint density at radius 1 is 1.54 bits per heavy atom. The first kappa shape index (κ1) is 9.99. The van der Waals surface area contributed by atoms with Crippen LogP contribution in [0, 0.1) is 5.82 Å². The van der Waals surface area contributed by atoms with Crippen LogP contribution in [0.1, 0.15) is 18.4 Å². The van der Waals surface area contributed by atoms with E-state index < -0.39 is 0 Å². The summed E-state index contributed by atoms with van der Waals surface area (Å²) < 4.78 is 18.1. The van der Waals surface area contributed by atoms with Crippen LogP contribution in [-0.2, 0) is 0 Å². The fraction of sp³-hybridized carbons (Fsp3) is 0.400. The van der Waals surface area contributed by atoms with E-state index in [2.05, 4.69) is 0 Å². The molecule has 0 aromatic heterocycles. The number of rotatable bonds is 3. The van der Waals surface area contributed by atoms with Gasteiger partial charge >= 0.3 is 0 Å². The van der Waals surface area contributed by atoms with E-state index in [1.165, 1.54) is 13.2 Å². The normalized spacial score (nSPS) is 12.6. The van der Waals surface area contributed by atoms with Crippen molar-refractivity contribution in [1.29, 1.82) is 0 Å². The summed E-state index contributed by atoms with van der Waals surface area (Å²) in [5, 5.41) is 8.84. The molecule has 0 saturated heterocycles. The lowest BCUT2D eigenvalue weighted by Gasteiger charge is -2.10. The molecular formula is C10H13FO2. The van der Waals surface area contributed by atoms with Crippen molar-refractivity contribution in [2.75, 3.05) is 13.7 Å². The Morgan fingerprint density at radius 3 is 2.69 bits per heavy atom. The van der Waals surface area contributed by atoms with E-state index >= 15 is 0 Å². The molecule has 0 aliphatic carbocycles. The van der Waals surface area contributed by atoms with E-state index in [0.29, 0.717) is 11.3 Å². The van der Waals surface area contributed by atoms with Gasteiger partial charge in [0.1, 0.15) is 11.6 Å². The maximum Gasteiger partial charge on any atom is 0.130 e. The molecule has 0 amide bonds. The summed E-state index contributed by atoms with van der Waals surface area (Å²) in [6.45, 7) is 1.72. The SMILES string of the molecule is COc1ccc([C@@H](C)CO)c(F)c1. The summed E-state index contributed by atoms with van der Waals surface area (Å²) in [6.07, 6.45) is 0. The van der Waals surface area contributed by atoms with Gasteiger partial charge in [0, 0.05) is 18.6 Å². The van der Waals surface area contributed by atoms with Crippen LogP contribution in [0.2, 0.25) is 0 Å². The Labute approximate surface area is 77.0 Å². The second-order valence-electron chi connectivity index (χ2n) is 2.97. The Kier molecular flexibility index (Phi) is 3.25. The fourth-order valence-electron chi connectivity index (χ4n) is 1.13. The van der Waals surface area contributed by atoms with Crippen molar-refractivity contribution in [3.8, 4) is 5.75 Å². The van der Waals surface area contributed by atoms with E-state index in [1.807, 2.05) is 0 Å². The average molecular weight is 184 g/mol. The first-order valence-corrected chi connectivity index (χ1v) is 4.13. The molecule has 0 fully saturated rings. The molecule has 1 aromatic rings. The van der Waals surface area contributed by atoms with Crippen LogP contribution in [-0.4, -0.2) is 18.8 Å². The minimum Gasteiger partial charge on any atom is -0.497 e. The molecule has 0 aliphatic rings. The van der Waals surface area contributed by atoms with Crippen LogP contribution in [0.4, 0.5) is 4.39 Å². The van der Waals surface area contributed by atoms with Crippen molar-refractivity contribution in [3.63, 3.8) is 0 Å². The second-order valence-corrected chi connectivity index (χ2v) is 2.97. The standard InChI is InChI=1S/C10H13FO2/c1-7(6-12)9-4-3-8(13-2)5-10(9)11/h3-5,7,12H,6H2,1-2H3/t7-/m0/s1. The van der Waals surface area contributed by atoms with Gasteiger partial charge in [0.05, 0.1) is 7.11 Å². The van der Waals surface area contributed by atoms with Crippen molar-refractivity contribution < 1.29 is 14.2 Å². The molecule has 0 heterocycles. The molecule has 1 atom stereocenters. The Balaban J connectivity index is 2.98. The minimum absolute atomic E-state index is 0.0523. The average Bonchev–Trinajstić information content (AvgIpc) is 2.16. The van der Waals surface area contributed by atoms with Crippen molar-refractivity contribution in [3.05, 3.63) is 29.6 Å². The number of ether oxygens (including phenoxy) is 1.